The molecule has 7 nitrogen and oxygen atoms in total. The Kier molecular flexibility index (Phi) is 8.59. The highest BCUT2D eigenvalue weighted by Gasteiger charge is 2.17. The Morgan fingerprint density at radius 2 is 2.13 bits per heavy atom. The fourth-order valence-electron chi connectivity index (χ4n) is 3.43. The van der Waals surface area contributed by atoms with Gasteiger partial charge in [0, 0.05) is 43.5 Å². The SMILES string of the molecule is CCOc1c(C)cccc1CN(C)C(=O)/C=C/c1cnc2c(c1)CN(C)CC(=O)N2.Cl. The van der Waals surface area contributed by atoms with E-state index in [0.29, 0.717) is 32.1 Å². The van der Waals surface area contributed by atoms with Gasteiger partial charge in [-0.3, -0.25) is 14.5 Å². The van der Waals surface area contributed by atoms with Crippen LogP contribution in [-0.2, 0) is 22.7 Å². The Morgan fingerprint density at radius 1 is 1.35 bits per heavy atom. The number of para-hydroxylation sites is 1. The zero-order valence-corrected chi connectivity index (χ0v) is 19.2. The first-order valence-corrected chi connectivity index (χ1v) is 9.99. The van der Waals surface area contributed by atoms with Crippen molar-refractivity contribution in [1.29, 1.82) is 0 Å². The van der Waals surface area contributed by atoms with Crippen LogP contribution in [0.25, 0.3) is 6.08 Å². The molecule has 0 spiro atoms. The van der Waals surface area contributed by atoms with Crippen molar-refractivity contribution in [2.24, 2.45) is 0 Å². The van der Waals surface area contributed by atoms with Gasteiger partial charge in [0.15, 0.2) is 0 Å². The molecule has 8 heteroatoms. The van der Waals surface area contributed by atoms with Crippen LogP contribution >= 0.6 is 12.4 Å². The Hall–Kier alpha value is -2.90. The predicted molar refractivity (Wildman–Crippen MR) is 124 cm³/mol. The van der Waals surface area contributed by atoms with Crippen molar-refractivity contribution < 1.29 is 14.3 Å². The van der Waals surface area contributed by atoms with E-state index in [1.165, 1.54) is 0 Å². The minimum atomic E-state index is -0.112. The summed E-state index contributed by atoms with van der Waals surface area (Å²) in [5, 5.41) is 2.81. The minimum absolute atomic E-state index is 0. The summed E-state index contributed by atoms with van der Waals surface area (Å²) in [4.78, 5) is 32.3. The summed E-state index contributed by atoms with van der Waals surface area (Å²) in [5.41, 5.74) is 3.77. The van der Waals surface area contributed by atoms with Crippen molar-refractivity contribution in [1.82, 2.24) is 14.8 Å². The van der Waals surface area contributed by atoms with Crippen molar-refractivity contribution in [3.63, 3.8) is 0 Å². The average molecular weight is 445 g/mol. The molecule has 2 heterocycles. The Labute approximate surface area is 189 Å². The average Bonchev–Trinajstić information content (AvgIpc) is 2.84. The number of carbonyl (C=O) groups is 2. The number of ether oxygens (including phenoxy) is 1. The van der Waals surface area contributed by atoms with Gasteiger partial charge in [-0.2, -0.15) is 0 Å². The maximum absolute atomic E-state index is 12.6. The van der Waals surface area contributed by atoms with Gasteiger partial charge >= 0.3 is 0 Å². The second kappa shape index (κ2) is 10.9. The first-order chi connectivity index (χ1) is 14.4. The number of likely N-dealkylation sites (N-methyl/N-ethyl adjacent to an activating group) is 2. The number of fused-ring (bicyclic) bond motifs is 1. The number of hydrogen-bond acceptors (Lipinski definition) is 5. The summed E-state index contributed by atoms with van der Waals surface area (Å²) in [6.07, 6.45) is 4.94. The number of amides is 2. The molecular formula is C23H29ClN4O3. The summed E-state index contributed by atoms with van der Waals surface area (Å²) in [6.45, 7) is 5.93. The summed E-state index contributed by atoms with van der Waals surface area (Å²) < 4.78 is 5.76. The molecule has 0 radical (unpaired) electrons. The topological polar surface area (TPSA) is 74.8 Å². The molecule has 1 aliphatic heterocycles. The van der Waals surface area contributed by atoms with Crippen molar-refractivity contribution in [3.05, 3.63) is 58.8 Å². The number of nitrogens with one attached hydrogen (secondary N) is 1. The van der Waals surface area contributed by atoms with Gasteiger partial charge in [-0.25, -0.2) is 4.98 Å². The van der Waals surface area contributed by atoms with Gasteiger partial charge in [0.1, 0.15) is 11.6 Å². The van der Waals surface area contributed by atoms with Gasteiger partial charge in [0.05, 0.1) is 13.2 Å². The van der Waals surface area contributed by atoms with Crippen LogP contribution < -0.4 is 10.1 Å². The fraction of sp³-hybridized carbons (Fsp3) is 0.348. The smallest absolute Gasteiger partial charge is 0.246 e. The second-order valence-corrected chi connectivity index (χ2v) is 7.52. The van der Waals surface area contributed by atoms with Crippen LogP contribution in [-0.4, -0.2) is 53.8 Å². The Balaban J connectivity index is 0.00000341. The zero-order valence-electron chi connectivity index (χ0n) is 18.3. The molecule has 1 aliphatic rings. The largest absolute Gasteiger partial charge is 0.493 e. The van der Waals surface area contributed by atoms with E-state index >= 15 is 0 Å². The third-order valence-electron chi connectivity index (χ3n) is 4.88. The summed E-state index contributed by atoms with van der Waals surface area (Å²) >= 11 is 0. The molecule has 3 rings (SSSR count). The van der Waals surface area contributed by atoms with E-state index in [1.807, 2.05) is 50.1 Å². The molecule has 1 N–H and O–H groups in total. The van der Waals surface area contributed by atoms with Crippen LogP contribution in [0.1, 0.15) is 29.2 Å². The van der Waals surface area contributed by atoms with E-state index in [0.717, 1.165) is 28.0 Å². The lowest BCUT2D eigenvalue weighted by Crippen LogP contribution is -2.26. The van der Waals surface area contributed by atoms with Crippen molar-refractivity contribution in [2.45, 2.75) is 26.9 Å². The number of aromatic nitrogens is 1. The summed E-state index contributed by atoms with van der Waals surface area (Å²) in [7, 11) is 3.65. The van der Waals surface area contributed by atoms with E-state index in [-0.39, 0.29) is 24.2 Å². The van der Waals surface area contributed by atoms with E-state index in [9.17, 15) is 9.59 Å². The monoisotopic (exact) mass is 444 g/mol. The van der Waals surface area contributed by atoms with E-state index in [2.05, 4.69) is 10.3 Å². The molecular weight excluding hydrogens is 416 g/mol. The van der Waals surface area contributed by atoms with E-state index < -0.39 is 0 Å². The van der Waals surface area contributed by atoms with Gasteiger partial charge in [-0.05, 0) is 44.2 Å². The molecule has 2 aromatic rings. The maximum Gasteiger partial charge on any atom is 0.246 e. The molecule has 0 bridgehead atoms. The molecule has 166 valence electrons. The number of hydrogen-bond donors (Lipinski definition) is 1. The molecule has 0 saturated carbocycles. The highest BCUT2D eigenvalue weighted by molar-refractivity contribution is 5.93. The lowest BCUT2D eigenvalue weighted by Gasteiger charge is -2.19. The van der Waals surface area contributed by atoms with Crippen LogP contribution in [0.5, 0.6) is 5.75 Å². The highest BCUT2D eigenvalue weighted by atomic mass is 35.5. The van der Waals surface area contributed by atoms with Crippen LogP contribution in [0, 0.1) is 6.92 Å². The van der Waals surface area contributed by atoms with E-state index in [1.54, 1.807) is 30.3 Å². The Bertz CT molecular complexity index is 977. The first kappa shape index (κ1) is 24.4. The third-order valence-corrected chi connectivity index (χ3v) is 4.88. The number of rotatable bonds is 6. The quantitative estimate of drug-likeness (QED) is 0.692. The van der Waals surface area contributed by atoms with Crippen LogP contribution in [0.3, 0.4) is 0 Å². The molecule has 0 saturated heterocycles. The normalized spacial score (nSPS) is 13.7. The van der Waals surface area contributed by atoms with E-state index in [4.69, 9.17) is 4.74 Å². The second-order valence-electron chi connectivity index (χ2n) is 7.52. The number of halogens is 1. The molecule has 31 heavy (non-hydrogen) atoms. The molecule has 1 aromatic heterocycles. The van der Waals surface area contributed by atoms with Crippen molar-refractivity contribution in [2.75, 3.05) is 32.6 Å². The van der Waals surface area contributed by atoms with Gasteiger partial charge in [0.2, 0.25) is 11.8 Å². The highest BCUT2D eigenvalue weighted by Crippen LogP contribution is 2.25. The minimum Gasteiger partial charge on any atom is -0.493 e. The fourth-order valence-corrected chi connectivity index (χ4v) is 3.43. The lowest BCUT2D eigenvalue weighted by molar-refractivity contribution is -0.125. The van der Waals surface area contributed by atoms with Crippen LogP contribution in [0.2, 0.25) is 0 Å². The summed E-state index contributed by atoms with van der Waals surface area (Å²) in [6, 6.07) is 7.90. The van der Waals surface area contributed by atoms with Gasteiger partial charge < -0.3 is 15.0 Å². The molecule has 0 fully saturated rings. The van der Waals surface area contributed by atoms with Crippen LogP contribution in [0.4, 0.5) is 5.82 Å². The molecule has 0 aliphatic carbocycles. The molecule has 2 amide bonds. The number of anilines is 1. The molecule has 0 unspecified atom stereocenters. The number of aryl methyl sites for hydroxylation is 1. The molecule has 1 aromatic carbocycles. The number of benzene rings is 1. The predicted octanol–water partition coefficient (Wildman–Crippen LogP) is 3.27. The maximum atomic E-state index is 12.6. The van der Waals surface area contributed by atoms with Crippen molar-refractivity contribution >= 4 is 36.1 Å². The third kappa shape index (κ3) is 6.29. The van der Waals surface area contributed by atoms with Gasteiger partial charge in [-0.1, -0.05) is 18.2 Å². The zero-order chi connectivity index (χ0) is 21.7. The number of pyridine rings is 1. The number of nitrogens with zero attached hydrogens (tertiary/aromatic N) is 3. The van der Waals surface area contributed by atoms with Gasteiger partial charge in [0.25, 0.3) is 0 Å². The first-order valence-electron chi connectivity index (χ1n) is 9.99. The molecule has 0 atom stereocenters. The van der Waals surface area contributed by atoms with Crippen molar-refractivity contribution in [3.8, 4) is 5.75 Å². The van der Waals surface area contributed by atoms with Gasteiger partial charge in [-0.15, -0.1) is 12.4 Å². The van der Waals surface area contributed by atoms with Crippen LogP contribution in [0.15, 0.2) is 36.5 Å². The Morgan fingerprint density at radius 3 is 2.87 bits per heavy atom. The number of carbonyl (C=O) groups excluding carboxylic acids is 2. The summed E-state index contributed by atoms with van der Waals surface area (Å²) in [5.74, 6) is 1.23. The lowest BCUT2D eigenvalue weighted by atomic mass is 10.1. The standard InChI is InChI=1S/C23H28N4O3.ClH/c1-5-30-22-16(2)7-6-8-18(22)14-27(4)21(29)10-9-17-11-19-13-26(3)15-20(28)25-23(19)24-12-17;/h6-12H,5,13-15H2,1-4H3,(H,24,25,28);1H/b10-9+;.